The maximum absolute atomic E-state index is 2.27. The minimum absolute atomic E-state index is 0. The van der Waals surface area contributed by atoms with Crippen molar-refractivity contribution in [2.45, 2.75) is 287 Å². The van der Waals surface area contributed by atoms with Gasteiger partial charge in [0.25, 0.3) is 0 Å². The Morgan fingerprint density at radius 1 is 0.250 bits per heavy atom. The predicted molar refractivity (Wildman–Crippen MR) is 314 cm³/mol. The van der Waals surface area contributed by atoms with Crippen molar-refractivity contribution in [1.29, 1.82) is 0 Å². The second-order valence-corrected chi connectivity index (χ2v) is 11.2. The molecule has 0 saturated heterocycles. The largest absolute Gasteiger partial charge is 0.309 e. The van der Waals surface area contributed by atoms with E-state index in [1.165, 1.54) is 25.8 Å². The third kappa shape index (κ3) is 582. The Balaban J connectivity index is -0.00000000580. The molecule has 0 fully saturated rings. The van der Waals surface area contributed by atoms with Gasteiger partial charge in [0.1, 0.15) is 0 Å². The van der Waals surface area contributed by atoms with E-state index in [-0.39, 0.29) is 452 Å². The molecule has 0 rings (SSSR count). The normalized spacial score (nSPS) is 5.65. The summed E-state index contributed by atoms with van der Waals surface area (Å²) in [5, 5.41) is 0. The Morgan fingerprint density at radius 2 is 0.412 bits per heavy atom. The van der Waals surface area contributed by atoms with Crippen molar-refractivity contribution in [2.24, 2.45) is 10.8 Å². The Kier molecular flexibility index (Phi) is 939. The van der Waals surface area contributed by atoms with Crippen LogP contribution >= 0.6 is 0 Å². The number of hydrogen-bond donors (Lipinski definition) is 0. The van der Waals surface area contributed by atoms with E-state index >= 15 is 0 Å². The van der Waals surface area contributed by atoms with Crippen molar-refractivity contribution < 1.29 is 377 Å². The fraction of sp³-hybridized carbons (Fsp3) is 1.00. The molecule has 0 N–H and O–H groups in total. The van der Waals surface area contributed by atoms with Crippen molar-refractivity contribution >= 4 is 0 Å². The zero-order valence-corrected chi connectivity index (χ0v) is 53.6. The van der Waals surface area contributed by atoms with Gasteiger partial charge in [-0.05, 0) is 86.6 Å². The molecule has 0 aromatic carbocycles. The molecule has 0 aliphatic rings. The predicted octanol–water partition coefficient (Wildman–Crippen LogP) is 22.1. The Morgan fingerprint density at radius 3 is 0.412 bits per heavy atom. The minimum atomic E-state index is 0. The molecule has 0 atom stereocenters. The van der Waals surface area contributed by atoms with Gasteiger partial charge in [-0.25, -0.2) is 0 Å². The monoisotopic (exact) mass is 1260 g/mol. The number of rotatable bonds is 6. The van der Waals surface area contributed by atoms with Crippen LogP contribution in [0.25, 0.3) is 0 Å². The molecular formula is C54H160Ar10N4. The minimum Gasteiger partial charge on any atom is -0.309 e. The first kappa shape index (κ1) is 235. The van der Waals surface area contributed by atoms with Crippen molar-refractivity contribution in [3.8, 4) is 0 Å². The van der Waals surface area contributed by atoms with Crippen LogP contribution in [-0.2, 0) is 0 Å². The van der Waals surface area contributed by atoms with E-state index in [0.717, 1.165) is 13.2 Å². The standard InChI is InChI=1S/C7H17N.C7H16.C5H14N2.C5H13N.10C2H6.10CH4.10Ar/c1-7(2,3)6-8(4)5;1-5-6-7(2,3)4;1-6(2)5-7(3)4;1-4-5-6(2)3;10*1-2;;;;;;;;;;;;;;;;;;;;/h6H2,1-5H3;5-6H2,1-4H3;5H2,1-4H3;4-5H2,1-3H3;10*1-2H3;10*1H4;;;;;;;;;;. The molecule has 0 amide bonds. The van der Waals surface area contributed by atoms with Crippen LogP contribution in [0, 0.1) is 388 Å². The quantitative estimate of drug-likeness (QED) is 0.246. The van der Waals surface area contributed by atoms with Crippen LogP contribution in [0.3, 0.4) is 0 Å². The summed E-state index contributed by atoms with van der Waals surface area (Å²) in [6.07, 6.45) is 3.91. The van der Waals surface area contributed by atoms with E-state index < -0.39 is 0 Å². The van der Waals surface area contributed by atoms with Gasteiger partial charge in [0.2, 0.25) is 0 Å². The third-order valence-corrected chi connectivity index (χ3v) is 3.03. The van der Waals surface area contributed by atoms with Crippen LogP contribution in [0.4, 0.5) is 0 Å². The summed E-state index contributed by atoms with van der Waals surface area (Å²) in [7, 11) is 16.6. The van der Waals surface area contributed by atoms with E-state index in [1.807, 2.05) is 138 Å². The summed E-state index contributed by atoms with van der Waals surface area (Å²) >= 11 is 0. The zero-order valence-electron chi connectivity index (χ0n) is 46.6. The summed E-state index contributed by atoms with van der Waals surface area (Å²) in [5.41, 5.74) is 0.998. The zero-order chi connectivity index (χ0) is 43.6. The SMILES string of the molecule is C.C.C.C.C.C.C.C.C.C.CC.CC.CC.CC.CC.CC.CC.CC.CC.CC.CCCC(C)(C)C.CCCN(C)C.CN(C)CC(C)(C)C.CN(C)CN(C)C.[Ar].[Ar].[Ar].[Ar].[Ar].[Ar].[Ar].[Ar].[Ar].[Ar]. The summed E-state index contributed by atoms with van der Waals surface area (Å²) in [4.78, 5) is 8.64. The fourth-order valence-electron chi connectivity index (χ4n) is 2.71. The van der Waals surface area contributed by atoms with Crippen molar-refractivity contribution in [1.82, 2.24) is 19.6 Å². The van der Waals surface area contributed by atoms with Crippen LogP contribution in [0.1, 0.15) is 287 Å². The second kappa shape index (κ2) is 271. The summed E-state index contributed by atoms with van der Waals surface area (Å²) in [6, 6.07) is 0. The molecule has 0 aliphatic carbocycles. The van der Waals surface area contributed by atoms with Crippen LogP contribution in [-0.4, -0.2) is 95.7 Å². The first-order valence-electron chi connectivity index (χ1n) is 21.0. The molecule has 476 valence electrons. The maximum Gasteiger partial charge on any atom is 0.0495 e. The Labute approximate surface area is 753 Å². The molecule has 0 aromatic rings. The summed E-state index contributed by atoms with van der Waals surface area (Å²) < 4.78 is 0. The van der Waals surface area contributed by atoms with Crippen LogP contribution in [0.5, 0.6) is 0 Å². The van der Waals surface area contributed by atoms with Crippen LogP contribution in [0.15, 0.2) is 0 Å². The van der Waals surface area contributed by atoms with Gasteiger partial charge in [-0.2, -0.15) is 0 Å². The average Bonchev–Trinajstić information content (AvgIpc) is 3.05. The van der Waals surface area contributed by atoms with Gasteiger partial charge in [-0.1, -0.05) is 275 Å². The topological polar surface area (TPSA) is 13.0 Å². The molecule has 68 heavy (non-hydrogen) atoms. The van der Waals surface area contributed by atoms with Gasteiger partial charge in [0.15, 0.2) is 0 Å². The Bertz CT molecular complexity index is 323. The third-order valence-electron chi connectivity index (χ3n) is 3.03. The molecule has 14 heteroatoms. The van der Waals surface area contributed by atoms with E-state index in [2.05, 4.69) is 131 Å². The van der Waals surface area contributed by atoms with Crippen molar-refractivity contribution in [3.63, 3.8) is 0 Å². The van der Waals surface area contributed by atoms with Gasteiger partial charge in [-0.15, -0.1) is 0 Å². The molecule has 0 heterocycles. The van der Waals surface area contributed by atoms with Crippen LogP contribution in [0.2, 0.25) is 0 Å². The van der Waals surface area contributed by atoms with Crippen molar-refractivity contribution in [2.75, 3.05) is 76.1 Å². The van der Waals surface area contributed by atoms with Gasteiger partial charge in [0, 0.05) is 391 Å². The molecule has 0 saturated carbocycles. The molecule has 0 radical (unpaired) electrons. The first-order valence-corrected chi connectivity index (χ1v) is 21.0. The van der Waals surface area contributed by atoms with Crippen molar-refractivity contribution in [3.05, 3.63) is 0 Å². The number of nitrogens with zero attached hydrogens (tertiary/aromatic N) is 4. The second-order valence-electron chi connectivity index (χ2n) is 11.2. The molecule has 0 aromatic heterocycles. The molecule has 0 spiro atoms. The molecule has 0 aliphatic heterocycles. The maximum atomic E-state index is 2.27. The first-order chi connectivity index (χ1) is 22.4. The smallest absolute Gasteiger partial charge is 0.0495 e. The molecule has 0 unspecified atom stereocenters. The van der Waals surface area contributed by atoms with E-state index in [4.69, 9.17) is 0 Å². The van der Waals surface area contributed by atoms with Gasteiger partial charge < -0.3 is 9.80 Å². The van der Waals surface area contributed by atoms with Crippen LogP contribution < -0.4 is 0 Å². The number of hydrogen-bond acceptors (Lipinski definition) is 4. The Hall–Kier alpha value is 12.4. The molecular weight excluding hydrogens is 1100 g/mol. The average molecular weight is 1270 g/mol. The van der Waals surface area contributed by atoms with E-state index in [0.29, 0.717) is 10.8 Å². The summed E-state index contributed by atoms with van der Waals surface area (Å²) in [5.74, 6) is 0. The van der Waals surface area contributed by atoms with Gasteiger partial charge >= 0.3 is 0 Å². The molecule has 0 bridgehead atoms. The van der Waals surface area contributed by atoms with Gasteiger partial charge in [0.05, 0.1) is 0 Å². The van der Waals surface area contributed by atoms with E-state index in [1.54, 1.807) is 0 Å². The van der Waals surface area contributed by atoms with Gasteiger partial charge in [-0.3, -0.25) is 9.80 Å². The summed E-state index contributed by atoms with van der Waals surface area (Å²) in [6.45, 7) is 61.4. The molecule has 4 nitrogen and oxygen atoms in total. The fourth-order valence-corrected chi connectivity index (χ4v) is 2.71. The van der Waals surface area contributed by atoms with E-state index in [9.17, 15) is 0 Å².